The van der Waals surface area contributed by atoms with E-state index < -0.39 is 28.5 Å². The van der Waals surface area contributed by atoms with Crippen LogP contribution in [0, 0.1) is 0 Å². The number of aromatic nitrogens is 4. The Morgan fingerprint density at radius 1 is 1.26 bits per heavy atom. The number of urea groups is 1. The highest BCUT2D eigenvalue weighted by molar-refractivity contribution is 8.08. The van der Waals surface area contributed by atoms with Gasteiger partial charge in [-0.05, 0) is 32.4 Å². The number of hydrogen-bond donors (Lipinski definition) is 1. The minimum atomic E-state index is -4.50. The Hall–Kier alpha value is -3.69. The predicted molar refractivity (Wildman–Crippen MR) is 147 cm³/mol. The number of nitrogens with one attached hydrogen (secondary N) is 1. The van der Waals surface area contributed by atoms with Gasteiger partial charge in [0.15, 0.2) is 22.4 Å². The first-order valence-corrected chi connectivity index (χ1v) is 14.2. The first-order valence-electron chi connectivity index (χ1n) is 13.4. The number of benzene rings is 1. The topological polar surface area (TPSA) is 115 Å². The number of thioether (sulfide) groups is 1. The van der Waals surface area contributed by atoms with Gasteiger partial charge in [-0.1, -0.05) is 12.1 Å². The van der Waals surface area contributed by atoms with Gasteiger partial charge in [-0.2, -0.15) is 18.3 Å². The Kier molecular flexibility index (Phi) is 6.26. The molecule has 3 saturated heterocycles. The minimum Gasteiger partial charge on any atom is -0.475 e. The molecule has 0 aliphatic carbocycles. The summed E-state index contributed by atoms with van der Waals surface area (Å²) in [5, 5.41) is 10.9. The number of anilines is 3. The van der Waals surface area contributed by atoms with E-state index in [0.29, 0.717) is 49.9 Å². The van der Waals surface area contributed by atoms with Crippen LogP contribution in [0.15, 0.2) is 42.7 Å². The van der Waals surface area contributed by atoms with E-state index in [2.05, 4.69) is 30.4 Å². The van der Waals surface area contributed by atoms with Gasteiger partial charge in [0.1, 0.15) is 6.61 Å². The molecule has 2 bridgehead atoms. The lowest BCUT2D eigenvalue weighted by Gasteiger charge is -2.35. The minimum absolute atomic E-state index is 0.0835. The largest absolute Gasteiger partial charge is 0.475 e. The van der Waals surface area contributed by atoms with E-state index >= 15 is 0 Å². The van der Waals surface area contributed by atoms with Crippen LogP contribution < -0.4 is 19.9 Å². The molecule has 2 aromatic heterocycles. The number of carbonyl (C=O) groups is 1. The van der Waals surface area contributed by atoms with Crippen LogP contribution in [0.4, 0.5) is 35.2 Å². The maximum atomic E-state index is 13.6. The van der Waals surface area contributed by atoms with Gasteiger partial charge >= 0.3 is 12.2 Å². The van der Waals surface area contributed by atoms with E-state index in [9.17, 15) is 18.0 Å². The number of halogens is 3. The Morgan fingerprint density at radius 2 is 2.12 bits per heavy atom. The summed E-state index contributed by atoms with van der Waals surface area (Å²) in [4.78, 5) is 25.8. The van der Waals surface area contributed by atoms with Crippen molar-refractivity contribution in [1.29, 1.82) is 0 Å². The summed E-state index contributed by atoms with van der Waals surface area (Å²) in [6, 6.07) is 5.78. The van der Waals surface area contributed by atoms with Crippen LogP contribution >= 0.6 is 11.8 Å². The summed E-state index contributed by atoms with van der Waals surface area (Å²) >= 11 is 1.63. The normalized spacial score (nSPS) is 25.5. The highest BCUT2D eigenvalue weighted by Crippen LogP contribution is 2.59. The third kappa shape index (κ3) is 4.98. The van der Waals surface area contributed by atoms with Gasteiger partial charge in [-0.3, -0.25) is 4.90 Å². The molecule has 1 N–H and O–H groups in total. The molecular weight excluding hydrogens is 575 g/mol. The summed E-state index contributed by atoms with van der Waals surface area (Å²) in [6.07, 6.45) is -0.831. The van der Waals surface area contributed by atoms with Crippen molar-refractivity contribution in [1.82, 2.24) is 20.2 Å². The van der Waals surface area contributed by atoms with E-state index in [1.54, 1.807) is 28.9 Å². The third-order valence-electron chi connectivity index (χ3n) is 7.59. The van der Waals surface area contributed by atoms with Gasteiger partial charge in [0, 0.05) is 24.7 Å². The molecule has 1 spiro atoms. The summed E-state index contributed by atoms with van der Waals surface area (Å²) in [7, 11) is 0. The number of carbonyl (C=O) groups excluding carboxylic acids is 1. The third-order valence-corrected chi connectivity index (χ3v) is 9.03. The standard InChI is InChI=1S/C27H26F3N7O4S/c1-25(2)40-14-26(41-25)20(42-26)13-39-21-9-17(10-32-35-21)33-24(38)37-18-6-7-36(12-18)19-11-31-22(34-23(19)37)15-4-3-5-16(8-15)27(28,29)30/h3-5,8-11,18,20H,6-7,12-14H2,1-2H3,(H,33,35,38). The van der Waals surface area contributed by atoms with Crippen LogP contribution in [0.1, 0.15) is 25.8 Å². The van der Waals surface area contributed by atoms with Crippen molar-refractivity contribution >= 4 is 35.0 Å². The fourth-order valence-corrected chi connectivity index (χ4v) is 6.62. The van der Waals surface area contributed by atoms with Gasteiger partial charge in [-0.15, -0.1) is 16.9 Å². The van der Waals surface area contributed by atoms with Crippen molar-refractivity contribution in [2.75, 3.05) is 41.4 Å². The zero-order chi connectivity index (χ0) is 29.3. The molecule has 42 heavy (non-hydrogen) atoms. The quantitative estimate of drug-likeness (QED) is 0.418. The zero-order valence-electron chi connectivity index (χ0n) is 22.6. The average Bonchev–Trinajstić information content (AvgIpc) is 3.27. The lowest BCUT2D eigenvalue weighted by atomic mass is 10.1. The maximum Gasteiger partial charge on any atom is 0.416 e. The van der Waals surface area contributed by atoms with Crippen molar-refractivity contribution in [3.05, 3.63) is 48.3 Å². The van der Waals surface area contributed by atoms with E-state index in [0.717, 1.165) is 12.1 Å². The molecule has 2 amide bonds. The monoisotopic (exact) mass is 601 g/mol. The van der Waals surface area contributed by atoms with Gasteiger partial charge in [0.2, 0.25) is 5.88 Å². The molecule has 11 nitrogen and oxygen atoms in total. The highest BCUT2D eigenvalue weighted by atomic mass is 32.2. The first-order chi connectivity index (χ1) is 20.0. The molecule has 0 saturated carbocycles. The Morgan fingerprint density at radius 3 is 2.90 bits per heavy atom. The fourth-order valence-electron chi connectivity index (χ4n) is 5.51. The summed E-state index contributed by atoms with van der Waals surface area (Å²) in [5.74, 6) is 0.0412. The van der Waals surface area contributed by atoms with Crippen molar-refractivity contribution in [3.8, 4) is 17.3 Å². The van der Waals surface area contributed by atoms with Crippen molar-refractivity contribution < 1.29 is 32.2 Å². The molecule has 7 rings (SSSR count). The number of alkyl halides is 3. The molecule has 1 aromatic carbocycles. The second-order valence-electron chi connectivity index (χ2n) is 11.0. The molecule has 4 aliphatic heterocycles. The maximum absolute atomic E-state index is 13.6. The number of nitrogens with zero attached hydrogens (tertiary/aromatic N) is 6. The molecule has 15 heteroatoms. The second kappa shape index (κ2) is 9.67. The number of rotatable bonds is 5. The van der Waals surface area contributed by atoms with Crippen molar-refractivity contribution in [2.24, 2.45) is 0 Å². The van der Waals surface area contributed by atoms with Crippen LogP contribution in [0.2, 0.25) is 0 Å². The Balaban J connectivity index is 1.08. The highest BCUT2D eigenvalue weighted by Gasteiger charge is 2.64. The smallest absolute Gasteiger partial charge is 0.416 e. The van der Waals surface area contributed by atoms with E-state index in [1.165, 1.54) is 18.3 Å². The number of hydrogen-bond acceptors (Lipinski definition) is 10. The second-order valence-corrected chi connectivity index (χ2v) is 12.5. The number of fused-ring (bicyclic) bond motifs is 4. The number of amides is 2. The summed E-state index contributed by atoms with van der Waals surface area (Å²) in [5.41, 5.74) is 0.420. The SMILES string of the molecule is CC1(C)OCC2(O1)SC2COc1cc(NC(=O)N2c3nc(-c4cccc(C(F)(F)F)c4)ncc3N3CCC2C3)cnn1. The molecule has 3 fully saturated rings. The molecule has 3 unspecified atom stereocenters. The Labute approximate surface area is 242 Å². The lowest BCUT2D eigenvalue weighted by molar-refractivity contribution is -0.139. The fraction of sp³-hybridized carbons (Fsp3) is 0.444. The van der Waals surface area contributed by atoms with Crippen molar-refractivity contribution in [2.45, 2.75) is 48.5 Å². The van der Waals surface area contributed by atoms with Crippen LogP contribution in [0.5, 0.6) is 5.88 Å². The molecule has 3 atom stereocenters. The van der Waals surface area contributed by atoms with Gasteiger partial charge in [-0.25, -0.2) is 14.8 Å². The van der Waals surface area contributed by atoms with Crippen molar-refractivity contribution in [3.63, 3.8) is 0 Å². The van der Waals surface area contributed by atoms with Gasteiger partial charge in [0.05, 0.1) is 47.2 Å². The first kappa shape index (κ1) is 27.2. The zero-order valence-corrected chi connectivity index (χ0v) is 23.4. The molecule has 3 aromatic rings. The van der Waals surface area contributed by atoms with Crippen LogP contribution in [-0.4, -0.2) is 74.5 Å². The van der Waals surface area contributed by atoms with Crippen LogP contribution in [-0.2, 0) is 15.7 Å². The molecule has 220 valence electrons. The predicted octanol–water partition coefficient (Wildman–Crippen LogP) is 4.56. The van der Waals surface area contributed by atoms with E-state index in [-0.39, 0.29) is 28.6 Å². The number of ether oxygens (including phenoxy) is 3. The van der Waals surface area contributed by atoms with Crippen LogP contribution in [0.25, 0.3) is 11.4 Å². The average molecular weight is 602 g/mol. The summed E-state index contributed by atoms with van der Waals surface area (Å²) in [6.45, 7) is 5.86. The Bertz CT molecular complexity index is 1560. The van der Waals surface area contributed by atoms with Crippen LogP contribution in [0.3, 0.4) is 0 Å². The van der Waals surface area contributed by atoms with Gasteiger partial charge < -0.3 is 24.4 Å². The molecular formula is C27H26F3N7O4S. The van der Waals surface area contributed by atoms with Gasteiger partial charge in [0.25, 0.3) is 0 Å². The van der Waals surface area contributed by atoms with E-state index in [4.69, 9.17) is 14.2 Å². The molecule has 6 heterocycles. The lowest BCUT2D eigenvalue weighted by Crippen LogP contribution is -2.48. The summed E-state index contributed by atoms with van der Waals surface area (Å²) < 4.78 is 57.5. The molecule has 4 aliphatic rings. The molecule has 0 radical (unpaired) electrons. The van der Waals surface area contributed by atoms with E-state index in [1.807, 2.05) is 13.8 Å².